The molecule has 1 aromatic carbocycles. The van der Waals surface area contributed by atoms with Crippen LogP contribution in [-0.2, 0) is 9.59 Å². The van der Waals surface area contributed by atoms with Crippen molar-refractivity contribution in [1.82, 2.24) is 4.90 Å². The van der Waals surface area contributed by atoms with Crippen LogP contribution in [0, 0.1) is 11.8 Å². The summed E-state index contributed by atoms with van der Waals surface area (Å²) >= 11 is 0. The van der Waals surface area contributed by atoms with Crippen molar-refractivity contribution >= 4 is 17.5 Å². The van der Waals surface area contributed by atoms with E-state index in [2.05, 4.69) is 5.32 Å². The van der Waals surface area contributed by atoms with Crippen molar-refractivity contribution in [3.05, 3.63) is 12.1 Å². The van der Waals surface area contributed by atoms with Crippen LogP contribution in [0.1, 0.15) is 32.1 Å². The number of methoxy groups -OCH3 is 3. The monoisotopic (exact) mass is 376 g/mol. The Morgan fingerprint density at radius 2 is 1.52 bits per heavy atom. The third-order valence-corrected chi connectivity index (χ3v) is 5.29. The Morgan fingerprint density at radius 1 is 0.926 bits per heavy atom. The highest BCUT2D eigenvalue weighted by atomic mass is 16.5. The summed E-state index contributed by atoms with van der Waals surface area (Å²) < 4.78 is 15.9. The van der Waals surface area contributed by atoms with Gasteiger partial charge in [0.25, 0.3) is 0 Å². The van der Waals surface area contributed by atoms with E-state index in [0.717, 1.165) is 25.9 Å². The highest BCUT2D eigenvalue weighted by Gasteiger charge is 2.49. The number of amides is 2. The van der Waals surface area contributed by atoms with Gasteiger partial charge in [0.2, 0.25) is 17.6 Å². The van der Waals surface area contributed by atoms with Crippen LogP contribution in [0.5, 0.6) is 17.2 Å². The molecule has 27 heavy (non-hydrogen) atoms. The van der Waals surface area contributed by atoms with E-state index >= 15 is 0 Å². The summed E-state index contributed by atoms with van der Waals surface area (Å²) in [6.45, 7) is 1.63. The van der Waals surface area contributed by atoms with Gasteiger partial charge in [-0.25, -0.2) is 0 Å². The average molecular weight is 376 g/mol. The largest absolute Gasteiger partial charge is 0.493 e. The van der Waals surface area contributed by atoms with E-state index in [0.29, 0.717) is 29.4 Å². The minimum atomic E-state index is -0.264. The number of likely N-dealkylation sites (tertiary alicyclic amines) is 1. The lowest BCUT2D eigenvalue weighted by molar-refractivity contribution is -0.134. The van der Waals surface area contributed by atoms with Gasteiger partial charge in [-0.15, -0.1) is 0 Å². The van der Waals surface area contributed by atoms with Crippen molar-refractivity contribution in [1.29, 1.82) is 0 Å². The van der Waals surface area contributed by atoms with Gasteiger partial charge < -0.3 is 24.4 Å². The predicted octanol–water partition coefficient (Wildman–Crippen LogP) is 2.69. The lowest BCUT2D eigenvalue weighted by Gasteiger charge is -2.20. The Balaban J connectivity index is 1.64. The van der Waals surface area contributed by atoms with Gasteiger partial charge in [0, 0.05) is 30.9 Å². The second kappa shape index (κ2) is 8.50. The third-order valence-electron chi connectivity index (χ3n) is 5.29. The van der Waals surface area contributed by atoms with Gasteiger partial charge in [0.1, 0.15) is 0 Å². The maximum Gasteiger partial charge on any atom is 0.228 e. The molecule has 0 radical (unpaired) electrons. The van der Waals surface area contributed by atoms with Gasteiger partial charge in [0.05, 0.1) is 33.2 Å². The van der Waals surface area contributed by atoms with Crippen LogP contribution >= 0.6 is 0 Å². The zero-order valence-electron chi connectivity index (χ0n) is 16.2. The first kappa shape index (κ1) is 19.3. The zero-order valence-corrected chi connectivity index (χ0v) is 16.2. The van der Waals surface area contributed by atoms with Crippen LogP contribution in [0.15, 0.2) is 12.1 Å². The number of hydrogen-bond donors (Lipinski definition) is 1. The van der Waals surface area contributed by atoms with Crippen molar-refractivity contribution in [2.45, 2.75) is 32.1 Å². The molecule has 2 unspecified atom stereocenters. The van der Waals surface area contributed by atoms with Crippen molar-refractivity contribution in [2.24, 2.45) is 11.8 Å². The van der Waals surface area contributed by atoms with Gasteiger partial charge in [0.15, 0.2) is 11.5 Å². The van der Waals surface area contributed by atoms with Gasteiger partial charge in [-0.2, -0.15) is 0 Å². The van der Waals surface area contributed by atoms with Crippen LogP contribution in [0.25, 0.3) is 0 Å². The smallest absolute Gasteiger partial charge is 0.228 e. The molecular weight excluding hydrogens is 348 g/mol. The molecule has 3 rings (SSSR count). The maximum absolute atomic E-state index is 12.7. The SMILES string of the molecule is COc1cc(NC(=O)C2CC2C(=O)N2CCCCCC2)cc(OC)c1OC. The Labute approximate surface area is 160 Å². The number of ether oxygens (including phenoxy) is 3. The first-order valence-corrected chi connectivity index (χ1v) is 9.48. The normalized spacial score (nSPS) is 21.8. The van der Waals surface area contributed by atoms with Gasteiger partial charge in [-0.3, -0.25) is 9.59 Å². The molecule has 1 heterocycles. The van der Waals surface area contributed by atoms with Crippen molar-refractivity contribution in [3.63, 3.8) is 0 Å². The molecule has 148 valence electrons. The second-order valence-electron chi connectivity index (χ2n) is 7.09. The molecule has 2 atom stereocenters. The minimum absolute atomic E-state index is 0.127. The second-order valence-corrected chi connectivity index (χ2v) is 7.09. The molecule has 2 aliphatic rings. The number of nitrogens with one attached hydrogen (secondary N) is 1. The topological polar surface area (TPSA) is 77.1 Å². The number of nitrogens with zero attached hydrogens (tertiary/aromatic N) is 1. The fourth-order valence-electron chi connectivity index (χ4n) is 3.67. The quantitative estimate of drug-likeness (QED) is 0.826. The summed E-state index contributed by atoms with van der Waals surface area (Å²) in [6, 6.07) is 3.38. The first-order valence-electron chi connectivity index (χ1n) is 9.48. The number of anilines is 1. The van der Waals surface area contributed by atoms with E-state index < -0.39 is 0 Å². The van der Waals surface area contributed by atoms with Crippen molar-refractivity contribution in [3.8, 4) is 17.2 Å². The molecule has 1 saturated heterocycles. The molecule has 1 N–H and O–H groups in total. The molecule has 1 aromatic rings. The Kier molecular flexibility index (Phi) is 6.08. The van der Waals surface area contributed by atoms with E-state index in [-0.39, 0.29) is 23.7 Å². The number of carbonyl (C=O) groups excluding carboxylic acids is 2. The molecule has 2 fully saturated rings. The van der Waals surface area contributed by atoms with Crippen LogP contribution in [0.2, 0.25) is 0 Å². The standard InChI is InChI=1S/C20H28N2O5/c1-25-16-10-13(11-17(26-2)18(16)27-3)21-19(23)14-12-15(14)20(24)22-8-6-4-5-7-9-22/h10-11,14-15H,4-9,12H2,1-3H3,(H,21,23). The van der Waals surface area contributed by atoms with E-state index in [1.54, 1.807) is 12.1 Å². The highest BCUT2D eigenvalue weighted by Crippen LogP contribution is 2.43. The first-order chi connectivity index (χ1) is 13.1. The molecule has 0 aromatic heterocycles. The average Bonchev–Trinajstić information content (AvgIpc) is 3.50. The van der Waals surface area contributed by atoms with Crippen LogP contribution in [-0.4, -0.2) is 51.1 Å². The summed E-state index contributed by atoms with van der Waals surface area (Å²) in [6.07, 6.45) is 5.09. The number of benzene rings is 1. The van der Waals surface area contributed by atoms with E-state index in [1.807, 2.05) is 4.90 Å². The summed E-state index contributed by atoms with van der Waals surface area (Å²) in [5.74, 6) is 0.947. The number of hydrogen-bond acceptors (Lipinski definition) is 5. The van der Waals surface area contributed by atoms with Crippen molar-refractivity contribution in [2.75, 3.05) is 39.7 Å². The van der Waals surface area contributed by atoms with E-state index in [4.69, 9.17) is 14.2 Å². The molecule has 2 amide bonds. The van der Waals surface area contributed by atoms with Crippen LogP contribution in [0.3, 0.4) is 0 Å². The number of carbonyl (C=O) groups is 2. The van der Waals surface area contributed by atoms with Crippen molar-refractivity contribution < 1.29 is 23.8 Å². The molecule has 0 bridgehead atoms. The Bertz CT molecular complexity index is 673. The van der Waals surface area contributed by atoms with E-state index in [9.17, 15) is 9.59 Å². The summed E-state index contributed by atoms with van der Waals surface area (Å²) in [7, 11) is 4.58. The fraction of sp³-hybridized carbons (Fsp3) is 0.600. The molecule has 7 heteroatoms. The molecular formula is C20H28N2O5. The number of rotatable bonds is 6. The molecule has 7 nitrogen and oxygen atoms in total. The lowest BCUT2D eigenvalue weighted by atomic mass is 10.2. The Morgan fingerprint density at radius 3 is 2.04 bits per heavy atom. The molecule has 1 saturated carbocycles. The van der Waals surface area contributed by atoms with Crippen LogP contribution < -0.4 is 19.5 Å². The zero-order chi connectivity index (χ0) is 19.4. The summed E-state index contributed by atoms with van der Waals surface area (Å²) in [4.78, 5) is 27.2. The minimum Gasteiger partial charge on any atom is -0.493 e. The predicted molar refractivity (Wildman–Crippen MR) is 101 cm³/mol. The molecule has 0 spiro atoms. The maximum atomic E-state index is 12.7. The van der Waals surface area contributed by atoms with Gasteiger partial charge >= 0.3 is 0 Å². The molecule has 1 aliphatic carbocycles. The van der Waals surface area contributed by atoms with Gasteiger partial charge in [-0.05, 0) is 19.3 Å². The van der Waals surface area contributed by atoms with Crippen LogP contribution in [0.4, 0.5) is 5.69 Å². The summed E-state index contributed by atoms with van der Waals surface area (Å²) in [5.41, 5.74) is 0.558. The Hall–Kier alpha value is -2.44. The van der Waals surface area contributed by atoms with E-state index in [1.165, 1.54) is 34.2 Å². The van der Waals surface area contributed by atoms with Gasteiger partial charge in [-0.1, -0.05) is 12.8 Å². The lowest BCUT2D eigenvalue weighted by Crippen LogP contribution is -2.34. The molecule has 1 aliphatic heterocycles. The highest BCUT2D eigenvalue weighted by molar-refractivity contribution is 5.99. The summed E-state index contributed by atoms with van der Waals surface area (Å²) in [5, 5.41) is 2.88. The third kappa shape index (κ3) is 4.28. The fourth-order valence-corrected chi connectivity index (χ4v) is 3.67.